The zero-order valence-corrected chi connectivity index (χ0v) is 11.3. The predicted molar refractivity (Wildman–Crippen MR) is 72.9 cm³/mol. The van der Waals surface area contributed by atoms with Gasteiger partial charge in [0, 0.05) is 18.5 Å². The first-order valence-corrected chi connectivity index (χ1v) is 6.80. The summed E-state index contributed by atoms with van der Waals surface area (Å²) in [5.41, 5.74) is 6.02. The van der Waals surface area contributed by atoms with Crippen LogP contribution in [0.1, 0.15) is 15.4 Å². The van der Waals surface area contributed by atoms with Crippen molar-refractivity contribution >= 4 is 22.4 Å². The maximum atomic E-state index is 12.0. The van der Waals surface area contributed by atoms with Crippen LogP contribution in [0.2, 0.25) is 0 Å². The van der Waals surface area contributed by atoms with E-state index in [-0.39, 0.29) is 12.7 Å². The first-order valence-electron chi connectivity index (χ1n) is 5.98. The van der Waals surface area contributed by atoms with Crippen LogP contribution in [0.3, 0.4) is 0 Å². The fraction of sp³-hybridized carbons (Fsp3) is 0.250. The lowest BCUT2D eigenvalue weighted by molar-refractivity contribution is 0.0953. The average molecular weight is 292 g/mol. The lowest BCUT2D eigenvalue weighted by Crippen LogP contribution is -2.25. The summed E-state index contributed by atoms with van der Waals surface area (Å²) < 4.78 is 10.4. The van der Waals surface area contributed by atoms with E-state index < -0.39 is 0 Å². The molecule has 2 heterocycles. The van der Waals surface area contributed by atoms with Gasteiger partial charge in [0.25, 0.3) is 5.91 Å². The van der Waals surface area contributed by atoms with Crippen LogP contribution in [-0.4, -0.2) is 29.4 Å². The van der Waals surface area contributed by atoms with Gasteiger partial charge < -0.3 is 20.5 Å². The number of nitrogens with zero attached hydrogens (tertiary/aromatic N) is 2. The number of hydrogen-bond donors (Lipinski definition) is 2. The normalized spacial score (nSPS) is 12.4. The molecule has 0 atom stereocenters. The summed E-state index contributed by atoms with van der Waals surface area (Å²) in [6.45, 7) is 0.667. The highest BCUT2D eigenvalue weighted by molar-refractivity contribution is 7.15. The van der Waals surface area contributed by atoms with Crippen molar-refractivity contribution in [1.82, 2.24) is 15.5 Å². The molecule has 0 radical (unpaired) electrons. The second kappa shape index (κ2) is 5.33. The van der Waals surface area contributed by atoms with E-state index in [0.29, 0.717) is 35.2 Å². The Bertz CT molecular complexity index is 643. The molecular formula is C12H12N4O3S. The highest BCUT2D eigenvalue weighted by atomic mass is 32.1. The van der Waals surface area contributed by atoms with Crippen LogP contribution >= 0.6 is 11.3 Å². The molecule has 1 aromatic heterocycles. The van der Waals surface area contributed by atoms with Gasteiger partial charge in [-0.25, -0.2) is 0 Å². The number of nitrogens with two attached hydrogens (primary N) is 1. The zero-order chi connectivity index (χ0) is 13.9. The minimum absolute atomic E-state index is 0.166. The van der Waals surface area contributed by atoms with Crippen LogP contribution in [-0.2, 0) is 6.42 Å². The Balaban J connectivity index is 1.56. The molecular weight excluding hydrogens is 280 g/mol. The van der Waals surface area contributed by atoms with E-state index in [1.165, 1.54) is 11.3 Å². The first kappa shape index (κ1) is 12.7. The molecule has 1 aliphatic heterocycles. The summed E-state index contributed by atoms with van der Waals surface area (Å²) >= 11 is 1.32. The summed E-state index contributed by atoms with van der Waals surface area (Å²) in [6, 6.07) is 5.09. The monoisotopic (exact) mass is 292 g/mol. The Kier molecular flexibility index (Phi) is 3.38. The summed E-state index contributed by atoms with van der Waals surface area (Å²) in [6.07, 6.45) is 0.602. The van der Waals surface area contributed by atoms with Gasteiger partial charge in [0.2, 0.25) is 11.9 Å². The third-order valence-corrected chi connectivity index (χ3v) is 3.55. The highest BCUT2D eigenvalue weighted by Gasteiger charge is 2.16. The van der Waals surface area contributed by atoms with E-state index >= 15 is 0 Å². The second-order valence-electron chi connectivity index (χ2n) is 4.11. The molecule has 7 nitrogen and oxygen atoms in total. The van der Waals surface area contributed by atoms with Gasteiger partial charge in [-0.2, -0.15) is 0 Å². The molecule has 0 bridgehead atoms. The maximum absolute atomic E-state index is 12.0. The Morgan fingerprint density at radius 1 is 1.35 bits per heavy atom. The molecule has 2 aromatic rings. The SMILES string of the molecule is Nc1nnc(CCNC(=O)c2ccc3c(c2)OCO3)s1. The molecule has 20 heavy (non-hydrogen) atoms. The summed E-state index contributed by atoms with van der Waals surface area (Å²) in [7, 11) is 0. The van der Waals surface area contributed by atoms with Crippen molar-refractivity contribution in [3.63, 3.8) is 0 Å². The Labute approximate surface area is 118 Å². The van der Waals surface area contributed by atoms with Crippen LogP contribution in [0.15, 0.2) is 18.2 Å². The Morgan fingerprint density at radius 2 is 2.20 bits per heavy atom. The number of carbonyl (C=O) groups is 1. The van der Waals surface area contributed by atoms with E-state index in [4.69, 9.17) is 15.2 Å². The van der Waals surface area contributed by atoms with Crippen molar-refractivity contribution in [3.8, 4) is 11.5 Å². The Morgan fingerprint density at radius 3 is 3.00 bits per heavy atom. The molecule has 1 amide bonds. The molecule has 3 rings (SSSR count). The largest absolute Gasteiger partial charge is 0.454 e. The van der Waals surface area contributed by atoms with Crippen LogP contribution in [0.25, 0.3) is 0 Å². The highest BCUT2D eigenvalue weighted by Crippen LogP contribution is 2.32. The predicted octanol–water partition coefficient (Wildman–Crippen LogP) is 0.821. The summed E-state index contributed by atoms with van der Waals surface area (Å²) in [5, 5.41) is 11.6. The van der Waals surface area contributed by atoms with Crippen LogP contribution in [0.5, 0.6) is 11.5 Å². The minimum Gasteiger partial charge on any atom is -0.454 e. The smallest absolute Gasteiger partial charge is 0.251 e. The molecule has 8 heteroatoms. The van der Waals surface area contributed by atoms with E-state index in [2.05, 4.69) is 15.5 Å². The summed E-state index contributed by atoms with van der Waals surface area (Å²) in [5.74, 6) is 1.08. The second-order valence-corrected chi connectivity index (χ2v) is 5.20. The number of amides is 1. The third-order valence-electron chi connectivity index (χ3n) is 2.74. The zero-order valence-electron chi connectivity index (χ0n) is 10.5. The van der Waals surface area contributed by atoms with Gasteiger partial charge in [-0.1, -0.05) is 11.3 Å². The van der Waals surface area contributed by atoms with Crippen molar-refractivity contribution in [2.75, 3.05) is 19.1 Å². The quantitative estimate of drug-likeness (QED) is 0.865. The minimum atomic E-state index is -0.166. The van der Waals surface area contributed by atoms with Crippen LogP contribution in [0, 0.1) is 0 Å². The fourth-order valence-electron chi connectivity index (χ4n) is 1.79. The molecule has 0 fully saturated rings. The van der Waals surface area contributed by atoms with E-state index in [1.54, 1.807) is 18.2 Å². The van der Waals surface area contributed by atoms with Gasteiger partial charge in [0.05, 0.1) is 0 Å². The van der Waals surface area contributed by atoms with Gasteiger partial charge in [0.15, 0.2) is 11.5 Å². The van der Waals surface area contributed by atoms with Gasteiger partial charge in [-0.05, 0) is 18.2 Å². The molecule has 0 unspecified atom stereocenters. The maximum Gasteiger partial charge on any atom is 0.251 e. The number of aromatic nitrogens is 2. The number of ether oxygens (including phenoxy) is 2. The van der Waals surface area contributed by atoms with Crippen LogP contribution in [0.4, 0.5) is 5.13 Å². The number of nitrogen functional groups attached to an aromatic ring is 1. The average Bonchev–Trinajstić information content (AvgIpc) is 3.06. The lowest BCUT2D eigenvalue weighted by atomic mass is 10.2. The van der Waals surface area contributed by atoms with E-state index in [0.717, 1.165) is 5.01 Å². The lowest BCUT2D eigenvalue weighted by Gasteiger charge is -2.04. The number of anilines is 1. The topological polar surface area (TPSA) is 99.4 Å². The molecule has 3 N–H and O–H groups in total. The van der Waals surface area contributed by atoms with Crippen molar-refractivity contribution in [2.24, 2.45) is 0 Å². The first-order chi connectivity index (χ1) is 9.72. The number of fused-ring (bicyclic) bond motifs is 1. The van der Waals surface area contributed by atoms with Crippen molar-refractivity contribution < 1.29 is 14.3 Å². The van der Waals surface area contributed by atoms with Gasteiger partial charge in [-0.3, -0.25) is 4.79 Å². The Hall–Kier alpha value is -2.35. The van der Waals surface area contributed by atoms with Crippen molar-refractivity contribution in [2.45, 2.75) is 6.42 Å². The molecule has 104 valence electrons. The molecule has 0 saturated carbocycles. The van der Waals surface area contributed by atoms with E-state index in [1.807, 2.05) is 0 Å². The van der Waals surface area contributed by atoms with Crippen molar-refractivity contribution in [1.29, 1.82) is 0 Å². The van der Waals surface area contributed by atoms with Crippen LogP contribution < -0.4 is 20.5 Å². The van der Waals surface area contributed by atoms with E-state index in [9.17, 15) is 4.79 Å². The third kappa shape index (κ3) is 2.64. The molecule has 0 saturated heterocycles. The number of nitrogens with one attached hydrogen (secondary N) is 1. The number of rotatable bonds is 4. The standard InChI is InChI=1S/C12H12N4O3S/c13-12-16-15-10(20-12)3-4-14-11(17)7-1-2-8-9(5-7)19-6-18-8/h1-2,5H,3-4,6H2,(H2,13,16)(H,14,17). The molecule has 1 aromatic carbocycles. The number of carbonyl (C=O) groups excluding carboxylic acids is 1. The number of benzene rings is 1. The fourth-order valence-corrected chi connectivity index (χ4v) is 2.40. The molecule has 1 aliphatic rings. The number of hydrogen-bond acceptors (Lipinski definition) is 7. The molecule has 0 spiro atoms. The van der Waals surface area contributed by atoms with Gasteiger partial charge in [-0.15, -0.1) is 10.2 Å². The van der Waals surface area contributed by atoms with Gasteiger partial charge in [0.1, 0.15) is 5.01 Å². The molecule has 0 aliphatic carbocycles. The summed E-state index contributed by atoms with van der Waals surface area (Å²) in [4.78, 5) is 12.0. The van der Waals surface area contributed by atoms with Gasteiger partial charge >= 0.3 is 0 Å². The van der Waals surface area contributed by atoms with Crippen molar-refractivity contribution in [3.05, 3.63) is 28.8 Å².